The molecule has 0 N–H and O–H groups in total. The molecule has 0 spiro atoms. The van der Waals surface area contributed by atoms with Gasteiger partial charge in [-0.2, -0.15) is 0 Å². The lowest BCUT2D eigenvalue weighted by atomic mass is 9.82. The van der Waals surface area contributed by atoms with Gasteiger partial charge in [0.05, 0.1) is 35.3 Å². The van der Waals surface area contributed by atoms with Gasteiger partial charge in [0.15, 0.2) is 5.78 Å². The number of esters is 2. The Morgan fingerprint density at radius 1 is 0.776 bits per heavy atom. The molecule has 3 aromatic carbocycles. The third-order valence-corrected chi connectivity index (χ3v) is 9.99. The Kier molecular flexibility index (Phi) is 11.5. The SMILES string of the molecule is COc1ccc(N(C)C(=O)c2ccc(OC(=O)C3CCC(C(=O)Oc4ccc(OC)cc4/C=C/C(=O)c4cc(C)c(Cl)s4)CC3)cc2)cc1. The van der Waals surface area contributed by atoms with Crippen LogP contribution in [0.15, 0.2) is 78.9 Å². The highest BCUT2D eigenvalue weighted by molar-refractivity contribution is 7.18. The first-order valence-corrected chi connectivity index (χ1v) is 16.9. The molecule has 0 bridgehead atoms. The van der Waals surface area contributed by atoms with Crippen molar-refractivity contribution in [3.05, 3.63) is 105 Å². The van der Waals surface area contributed by atoms with Crippen LogP contribution in [0.5, 0.6) is 23.0 Å². The van der Waals surface area contributed by atoms with E-state index in [-0.39, 0.29) is 23.6 Å². The predicted octanol–water partition coefficient (Wildman–Crippen LogP) is 8.22. The van der Waals surface area contributed by atoms with E-state index in [9.17, 15) is 19.2 Å². The number of benzene rings is 3. The summed E-state index contributed by atoms with van der Waals surface area (Å²) in [6.45, 7) is 1.84. The first-order chi connectivity index (χ1) is 23.6. The molecule has 0 atom stereocenters. The number of carbonyl (C=O) groups is 4. The van der Waals surface area contributed by atoms with Crippen LogP contribution in [0.1, 0.15) is 56.8 Å². The molecule has 0 aliphatic heterocycles. The number of amides is 1. The van der Waals surface area contributed by atoms with Gasteiger partial charge in [-0.15, -0.1) is 11.3 Å². The van der Waals surface area contributed by atoms with Crippen LogP contribution in [0.3, 0.4) is 0 Å². The largest absolute Gasteiger partial charge is 0.497 e. The van der Waals surface area contributed by atoms with E-state index in [2.05, 4.69) is 0 Å². The van der Waals surface area contributed by atoms with Gasteiger partial charge in [0.2, 0.25) is 0 Å². The van der Waals surface area contributed by atoms with Crippen LogP contribution < -0.4 is 23.8 Å². The Bertz CT molecular complexity index is 1840. The summed E-state index contributed by atoms with van der Waals surface area (Å²) in [5.41, 5.74) is 2.50. The Balaban J connectivity index is 1.14. The summed E-state index contributed by atoms with van der Waals surface area (Å²) in [5.74, 6) is -0.0926. The number of carbonyl (C=O) groups excluding carboxylic acids is 4. The van der Waals surface area contributed by atoms with Gasteiger partial charge in [-0.1, -0.05) is 11.6 Å². The topological polar surface area (TPSA) is 108 Å². The summed E-state index contributed by atoms with van der Waals surface area (Å²) in [5, 5.41) is 0. The van der Waals surface area contributed by atoms with E-state index < -0.39 is 11.9 Å². The second kappa shape index (κ2) is 16.0. The highest BCUT2D eigenvalue weighted by atomic mass is 35.5. The number of ketones is 1. The molecule has 1 fully saturated rings. The quantitative estimate of drug-likeness (QED) is 0.0666. The zero-order valence-electron chi connectivity index (χ0n) is 27.6. The first-order valence-electron chi connectivity index (χ1n) is 15.7. The minimum absolute atomic E-state index is 0.210. The lowest BCUT2D eigenvalue weighted by molar-refractivity contribution is -0.145. The number of halogens is 1. The summed E-state index contributed by atoms with van der Waals surface area (Å²) < 4.78 is 22.5. The van der Waals surface area contributed by atoms with Crippen LogP contribution in [-0.4, -0.2) is 44.9 Å². The van der Waals surface area contributed by atoms with Gasteiger partial charge in [0.1, 0.15) is 23.0 Å². The molecule has 1 saturated carbocycles. The molecule has 0 saturated heterocycles. The van der Waals surface area contributed by atoms with Crippen molar-refractivity contribution in [3.63, 3.8) is 0 Å². The van der Waals surface area contributed by atoms with E-state index in [0.717, 1.165) is 5.56 Å². The van der Waals surface area contributed by atoms with Gasteiger partial charge in [-0.25, -0.2) is 0 Å². The Labute approximate surface area is 294 Å². The number of rotatable bonds is 11. The zero-order valence-corrected chi connectivity index (χ0v) is 29.1. The monoisotopic (exact) mass is 701 g/mol. The highest BCUT2D eigenvalue weighted by Crippen LogP contribution is 2.34. The van der Waals surface area contributed by atoms with Crippen molar-refractivity contribution in [2.24, 2.45) is 11.8 Å². The minimum atomic E-state index is -0.404. The van der Waals surface area contributed by atoms with Gasteiger partial charge in [-0.3, -0.25) is 19.2 Å². The van der Waals surface area contributed by atoms with E-state index in [0.29, 0.717) is 74.7 Å². The molecular formula is C38H36ClNO8S. The molecule has 1 heterocycles. The average molecular weight is 702 g/mol. The third kappa shape index (κ3) is 8.76. The number of methoxy groups -OCH3 is 2. The second-order valence-corrected chi connectivity index (χ2v) is 13.3. The summed E-state index contributed by atoms with van der Waals surface area (Å²) in [6, 6.07) is 20.3. The summed E-state index contributed by atoms with van der Waals surface area (Å²) in [6.07, 6.45) is 4.86. The molecule has 1 aromatic heterocycles. The van der Waals surface area contributed by atoms with Gasteiger partial charge < -0.3 is 23.8 Å². The van der Waals surface area contributed by atoms with Crippen LogP contribution in [0, 0.1) is 18.8 Å². The molecule has 0 radical (unpaired) electrons. The molecule has 49 heavy (non-hydrogen) atoms. The van der Waals surface area contributed by atoms with Crippen LogP contribution in [0.2, 0.25) is 4.34 Å². The Morgan fingerprint density at radius 3 is 1.92 bits per heavy atom. The maximum atomic E-state index is 13.2. The molecule has 5 rings (SSSR count). The lowest BCUT2D eigenvalue weighted by Gasteiger charge is -2.26. The van der Waals surface area contributed by atoms with Crippen LogP contribution in [0.4, 0.5) is 5.69 Å². The fourth-order valence-corrected chi connectivity index (χ4v) is 6.57. The van der Waals surface area contributed by atoms with E-state index in [1.807, 2.05) is 6.92 Å². The maximum absolute atomic E-state index is 13.2. The fourth-order valence-electron chi connectivity index (χ4n) is 5.44. The smallest absolute Gasteiger partial charge is 0.314 e. The van der Waals surface area contributed by atoms with E-state index in [1.165, 1.54) is 29.4 Å². The molecule has 1 aliphatic rings. The van der Waals surface area contributed by atoms with E-state index in [1.54, 1.807) is 93.0 Å². The number of nitrogens with zero attached hydrogens (tertiary/aromatic N) is 1. The van der Waals surface area contributed by atoms with Crippen molar-refractivity contribution in [1.29, 1.82) is 0 Å². The summed E-state index contributed by atoms with van der Waals surface area (Å²) in [7, 11) is 4.79. The number of hydrogen-bond acceptors (Lipinski definition) is 9. The molecule has 11 heteroatoms. The summed E-state index contributed by atoms with van der Waals surface area (Å²) in [4.78, 5) is 53.9. The number of thiophene rings is 1. The van der Waals surface area contributed by atoms with Crippen LogP contribution in [0.25, 0.3) is 6.08 Å². The van der Waals surface area contributed by atoms with E-state index >= 15 is 0 Å². The summed E-state index contributed by atoms with van der Waals surface area (Å²) >= 11 is 7.33. The lowest BCUT2D eigenvalue weighted by Crippen LogP contribution is -2.30. The second-order valence-electron chi connectivity index (χ2n) is 11.6. The van der Waals surface area contributed by atoms with Crippen molar-refractivity contribution < 1.29 is 38.1 Å². The minimum Gasteiger partial charge on any atom is -0.497 e. The number of allylic oxidation sites excluding steroid dienone is 1. The normalized spacial score (nSPS) is 15.8. The third-order valence-electron chi connectivity index (χ3n) is 8.42. The first kappa shape index (κ1) is 35.4. The van der Waals surface area contributed by atoms with Crippen molar-refractivity contribution in [3.8, 4) is 23.0 Å². The molecular weight excluding hydrogens is 666 g/mol. The van der Waals surface area contributed by atoms with Gasteiger partial charge in [-0.05, 0) is 123 Å². The van der Waals surface area contributed by atoms with Crippen LogP contribution >= 0.6 is 22.9 Å². The molecule has 4 aromatic rings. The highest BCUT2D eigenvalue weighted by Gasteiger charge is 2.32. The standard InChI is InChI=1S/C38H36ClNO8S/c1-23-21-34(49-35(23)39)32(41)19-11-27-22-31(46-4)18-20-33(27)48-38(44)26-7-5-25(6-8-26)37(43)47-30-14-9-24(10-15-30)36(42)40(2)28-12-16-29(45-3)17-13-28/h9-22,25-26H,5-8H2,1-4H3/b19-11+. The number of anilines is 1. The van der Waals surface area contributed by atoms with E-state index in [4.69, 9.17) is 30.5 Å². The van der Waals surface area contributed by atoms with Gasteiger partial charge in [0.25, 0.3) is 5.91 Å². The number of ether oxygens (including phenoxy) is 4. The molecule has 254 valence electrons. The molecule has 9 nitrogen and oxygen atoms in total. The van der Waals surface area contributed by atoms with Crippen molar-refractivity contribution in [2.45, 2.75) is 32.6 Å². The number of hydrogen-bond donors (Lipinski definition) is 0. The molecule has 1 amide bonds. The Morgan fingerprint density at radius 2 is 1.35 bits per heavy atom. The zero-order chi connectivity index (χ0) is 35.1. The van der Waals surface area contributed by atoms with Crippen molar-refractivity contribution >= 4 is 58.3 Å². The van der Waals surface area contributed by atoms with Gasteiger partial charge in [0, 0.05) is 23.9 Å². The van der Waals surface area contributed by atoms with Crippen molar-refractivity contribution in [1.82, 2.24) is 0 Å². The number of aryl methyl sites for hydroxylation is 1. The predicted molar refractivity (Wildman–Crippen MR) is 189 cm³/mol. The average Bonchev–Trinajstić information content (AvgIpc) is 3.48. The van der Waals surface area contributed by atoms with Gasteiger partial charge >= 0.3 is 11.9 Å². The van der Waals surface area contributed by atoms with Crippen molar-refractivity contribution in [2.75, 3.05) is 26.2 Å². The fraction of sp³-hybridized carbons (Fsp3) is 0.263. The van der Waals surface area contributed by atoms with Crippen LogP contribution in [-0.2, 0) is 9.59 Å². The maximum Gasteiger partial charge on any atom is 0.314 e. The molecule has 0 unspecified atom stereocenters. The Hall–Kier alpha value is -4.93. The molecule has 1 aliphatic carbocycles.